The molecule has 40 heavy (non-hydrogen) atoms. The minimum atomic E-state index is -0.817. The van der Waals surface area contributed by atoms with Crippen molar-refractivity contribution < 1.29 is 19.4 Å². The molecule has 1 atom stereocenters. The number of rotatable bonds is 7. The fourth-order valence-electron chi connectivity index (χ4n) is 4.95. The van der Waals surface area contributed by atoms with Crippen LogP contribution in [0.15, 0.2) is 66.2 Å². The van der Waals surface area contributed by atoms with Crippen LogP contribution in [0.4, 0.5) is 5.13 Å². The highest BCUT2D eigenvalue weighted by Gasteiger charge is 2.48. The zero-order valence-corrected chi connectivity index (χ0v) is 24.5. The first kappa shape index (κ1) is 27.6. The Hall–Kier alpha value is -3.97. The molecular weight excluding hydrogens is 520 g/mol. The second-order valence-corrected chi connectivity index (χ2v) is 12.2. The van der Waals surface area contributed by atoms with Gasteiger partial charge in [0, 0.05) is 5.56 Å². The highest BCUT2D eigenvalue weighted by molar-refractivity contribution is 7.22. The van der Waals surface area contributed by atoms with E-state index in [1.165, 1.54) is 21.8 Å². The number of amides is 1. The number of ketones is 1. The molecule has 1 fully saturated rings. The first-order valence-corrected chi connectivity index (χ1v) is 14.4. The summed E-state index contributed by atoms with van der Waals surface area (Å²) < 4.78 is 6.84. The summed E-state index contributed by atoms with van der Waals surface area (Å²) in [6.45, 7) is 12.8. The number of aryl methyl sites for hydroxylation is 2. The minimum absolute atomic E-state index is 0.0491. The van der Waals surface area contributed by atoms with Gasteiger partial charge < -0.3 is 9.84 Å². The van der Waals surface area contributed by atoms with E-state index in [2.05, 4.69) is 33.8 Å². The van der Waals surface area contributed by atoms with Gasteiger partial charge in [0.1, 0.15) is 11.5 Å². The minimum Gasteiger partial charge on any atom is -0.507 e. The molecule has 7 heteroatoms. The lowest BCUT2D eigenvalue weighted by Crippen LogP contribution is -2.29. The van der Waals surface area contributed by atoms with Crippen molar-refractivity contribution in [2.45, 2.75) is 53.5 Å². The fraction of sp³-hybridized carbons (Fsp3) is 0.303. The lowest BCUT2D eigenvalue weighted by atomic mass is 9.94. The largest absolute Gasteiger partial charge is 0.507 e. The molecule has 1 amide bonds. The van der Waals surface area contributed by atoms with Crippen molar-refractivity contribution in [1.29, 1.82) is 0 Å². The van der Waals surface area contributed by atoms with Gasteiger partial charge in [0.15, 0.2) is 5.13 Å². The monoisotopic (exact) mass is 554 g/mol. The van der Waals surface area contributed by atoms with Gasteiger partial charge in [0.25, 0.3) is 5.78 Å². The standard InChI is InChI=1S/C33H34N2O4S/c1-18(2)17-39-26-13-11-24(15-21(26)6)30(36)28-29(23-9-7-8-20(5)14-23)35(32(38)31(28)37)33-34-25-12-10-22(19(3)4)16-27(25)40-33/h7-16,18-19,29,36H,17H2,1-6H3/b30-28+. The molecule has 3 aromatic carbocycles. The summed E-state index contributed by atoms with van der Waals surface area (Å²) in [5, 5.41) is 12.0. The van der Waals surface area contributed by atoms with Crippen LogP contribution in [-0.2, 0) is 9.59 Å². The quantitative estimate of drug-likeness (QED) is 0.144. The Bertz CT molecular complexity index is 1650. The van der Waals surface area contributed by atoms with Crippen molar-refractivity contribution in [1.82, 2.24) is 4.98 Å². The normalized spacial score (nSPS) is 17.0. The average Bonchev–Trinajstić information content (AvgIpc) is 3.45. The van der Waals surface area contributed by atoms with E-state index in [4.69, 9.17) is 9.72 Å². The van der Waals surface area contributed by atoms with Crippen LogP contribution in [0.2, 0.25) is 0 Å². The first-order chi connectivity index (χ1) is 19.0. The fourth-order valence-corrected chi connectivity index (χ4v) is 5.99. The Morgan fingerprint density at radius 3 is 2.48 bits per heavy atom. The van der Waals surface area contributed by atoms with Crippen LogP contribution in [0.1, 0.15) is 67.5 Å². The summed E-state index contributed by atoms with van der Waals surface area (Å²) in [6, 6.07) is 18.2. The summed E-state index contributed by atoms with van der Waals surface area (Å²) in [7, 11) is 0. The third-order valence-corrected chi connectivity index (χ3v) is 8.11. The number of fused-ring (bicyclic) bond motifs is 1. The van der Waals surface area contributed by atoms with Crippen LogP contribution in [0, 0.1) is 19.8 Å². The number of anilines is 1. The van der Waals surface area contributed by atoms with Crippen molar-refractivity contribution >= 4 is 44.1 Å². The van der Waals surface area contributed by atoms with E-state index in [-0.39, 0.29) is 11.3 Å². The smallest absolute Gasteiger partial charge is 0.301 e. The lowest BCUT2D eigenvalue weighted by Gasteiger charge is -2.23. The molecule has 6 nitrogen and oxygen atoms in total. The number of aromatic nitrogens is 1. The van der Waals surface area contributed by atoms with Gasteiger partial charge >= 0.3 is 5.91 Å². The highest BCUT2D eigenvalue weighted by atomic mass is 32.1. The first-order valence-electron chi connectivity index (χ1n) is 13.6. The maximum Gasteiger partial charge on any atom is 0.301 e. The van der Waals surface area contributed by atoms with Crippen molar-refractivity contribution in [3.8, 4) is 5.75 Å². The number of carbonyl (C=O) groups is 2. The molecule has 0 aliphatic carbocycles. The molecule has 0 saturated carbocycles. The van der Waals surface area contributed by atoms with Gasteiger partial charge in [-0.1, -0.05) is 74.9 Å². The zero-order chi connectivity index (χ0) is 28.7. The molecule has 206 valence electrons. The lowest BCUT2D eigenvalue weighted by molar-refractivity contribution is -0.132. The topological polar surface area (TPSA) is 79.7 Å². The number of hydrogen-bond donors (Lipinski definition) is 1. The van der Waals surface area contributed by atoms with Crippen LogP contribution in [0.5, 0.6) is 5.75 Å². The zero-order valence-electron chi connectivity index (χ0n) is 23.7. The van der Waals surface area contributed by atoms with E-state index in [9.17, 15) is 14.7 Å². The van der Waals surface area contributed by atoms with E-state index in [1.807, 2.05) is 50.2 Å². The molecule has 1 aliphatic rings. The van der Waals surface area contributed by atoms with Crippen LogP contribution in [-0.4, -0.2) is 28.4 Å². The molecule has 1 saturated heterocycles. The Kier molecular flexibility index (Phi) is 7.51. The molecule has 1 N–H and O–H groups in total. The van der Waals surface area contributed by atoms with Gasteiger partial charge in [-0.25, -0.2) is 4.98 Å². The van der Waals surface area contributed by atoms with Crippen molar-refractivity contribution in [3.05, 3.63) is 94.1 Å². The Morgan fingerprint density at radius 1 is 1.02 bits per heavy atom. The third kappa shape index (κ3) is 5.13. The number of aliphatic hydroxyl groups is 1. The van der Waals surface area contributed by atoms with Crippen molar-refractivity contribution in [2.75, 3.05) is 11.5 Å². The number of hydrogen-bond acceptors (Lipinski definition) is 6. The van der Waals surface area contributed by atoms with Gasteiger partial charge in [0.05, 0.1) is 28.4 Å². The summed E-state index contributed by atoms with van der Waals surface area (Å²) >= 11 is 1.38. The molecule has 0 radical (unpaired) electrons. The predicted octanol–water partition coefficient (Wildman–Crippen LogP) is 7.70. The Balaban J connectivity index is 1.64. The van der Waals surface area contributed by atoms with E-state index in [0.717, 1.165) is 32.7 Å². The molecule has 1 aromatic heterocycles. The number of Topliss-reactive ketones (excluding diaryl/α,β-unsaturated/α-hetero) is 1. The van der Waals surface area contributed by atoms with Gasteiger partial charge in [-0.15, -0.1) is 0 Å². The molecule has 0 bridgehead atoms. The van der Waals surface area contributed by atoms with E-state index >= 15 is 0 Å². The molecule has 1 aliphatic heterocycles. The van der Waals surface area contributed by atoms with Crippen LogP contribution < -0.4 is 9.64 Å². The number of nitrogens with zero attached hydrogens (tertiary/aromatic N) is 2. The summed E-state index contributed by atoms with van der Waals surface area (Å²) in [6.07, 6.45) is 0. The SMILES string of the molecule is Cc1cccc(C2/C(=C(\O)c3ccc(OCC(C)C)c(C)c3)C(=O)C(=O)N2c2nc3ccc(C(C)C)cc3s2)c1. The average molecular weight is 555 g/mol. The second-order valence-electron chi connectivity index (χ2n) is 11.1. The Labute approximate surface area is 238 Å². The molecule has 2 heterocycles. The van der Waals surface area contributed by atoms with E-state index in [0.29, 0.717) is 29.1 Å². The summed E-state index contributed by atoms with van der Waals surface area (Å²) in [5.41, 5.74) is 4.99. The van der Waals surface area contributed by atoms with E-state index < -0.39 is 17.7 Å². The number of aliphatic hydroxyl groups excluding tert-OH is 1. The molecule has 1 unspecified atom stereocenters. The van der Waals surface area contributed by atoms with Crippen LogP contribution in [0.3, 0.4) is 0 Å². The summed E-state index contributed by atoms with van der Waals surface area (Å²) in [5.74, 6) is -0.210. The number of carbonyl (C=O) groups excluding carboxylic acids is 2. The van der Waals surface area contributed by atoms with Crippen LogP contribution in [0.25, 0.3) is 16.0 Å². The van der Waals surface area contributed by atoms with Gasteiger partial charge in [-0.2, -0.15) is 0 Å². The van der Waals surface area contributed by atoms with Crippen LogP contribution >= 0.6 is 11.3 Å². The molecule has 5 rings (SSSR count). The van der Waals surface area contributed by atoms with Gasteiger partial charge in [-0.3, -0.25) is 14.5 Å². The number of thiazole rings is 1. The highest BCUT2D eigenvalue weighted by Crippen LogP contribution is 2.45. The van der Waals surface area contributed by atoms with Crippen molar-refractivity contribution in [2.24, 2.45) is 5.92 Å². The molecule has 0 spiro atoms. The van der Waals surface area contributed by atoms with Crippen molar-refractivity contribution in [3.63, 3.8) is 0 Å². The molecular formula is C33H34N2O4S. The summed E-state index contributed by atoms with van der Waals surface area (Å²) in [4.78, 5) is 33.4. The van der Waals surface area contributed by atoms with Gasteiger partial charge in [-0.05, 0) is 72.7 Å². The predicted molar refractivity (Wildman–Crippen MR) is 161 cm³/mol. The maximum absolute atomic E-state index is 13.6. The maximum atomic E-state index is 13.6. The van der Waals surface area contributed by atoms with E-state index in [1.54, 1.807) is 18.2 Å². The number of ether oxygens (including phenoxy) is 1. The third-order valence-electron chi connectivity index (χ3n) is 7.10. The second kappa shape index (κ2) is 10.9. The molecule has 4 aromatic rings. The van der Waals surface area contributed by atoms with Gasteiger partial charge in [0.2, 0.25) is 0 Å². The Morgan fingerprint density at radius 2 is 1.80 bits per heavy atom. The number of benzene rings is 3.